The molecule has 1 N–H and O–H groups in total. The maximum Gasteiger partial charge on any atom is 0.410 e. The molecule has 0 aliphatic carbocycles. The van der Waals surface area contributed by atoms with Gasteiger partial charge in [0.15, 0.2) is 0 Å². The molecule has 9 nitrogen and oxygen atoms in total. The molecule has 0 aromatic heterocycles. The van der Waals surface area contributed by atoms with Crippen LogP contribution in [0, 0.1) is 5.41 Å². The van der Waals surface area contributed by atoms with Crippen molar-refractivity contribution in [3.63, 3.8) is 0 Å². The Bertz CT molecular complexity index is 1080. The molecule has 0 radical (unpaired) electrons. The highest BCUT2D eigenvalue weighted by atomic mass is 35.6. The second kappa shape index (κ2) is 13.7. The third kappa shape index (κ3) is 8.42. The Morgan fingerprint density at radius 3 is 2.35 bits per heavy atom. The summed E-state index contributed by atoms with van der Waals surface area (Å²) in [6, 6.07) is 17.8. The number of hydrogen-bond acceptors (Lipinski definition) is 6. The third-order valence-electron chi connectivity index (χ3n) is 5.94. The zero-order chi connectivity index (χ0) is 26.8. The largest absolute Gasteiger partial charge is 0.448 e. The van der Waals surface area contributed by atoms with Crippen molar-refractivity contribution in [2.75, 3.05) is 0 Å². The molecule has 1 aliphatic rings. The van der Waals surface area contributed by atoms with Gasteiger partial charge in [-0.3, -0.25) is 10.3 Å². The van der Waals surface area contributed by atoms with Gasteiger partial charge in [-0.2, -0.15) is 0 Å². The first-order chi connectivity index (χ1) is 17.7. The minimum absolute atomic E-state index is 0.123. The molecule has 0 spiro atoms. The minimum atomic E-state index is -2.11. The summed E-state index contributed by atoms with van der Waals surface area (Å²) in [5.74, 6) is -0.655. The Labute approximate surface area is 230 Å². The molecule has 4 atom stereocenters. The number of amides is 1. The van der Waals surface area contributed by atoms with Crippen LogP contribution in [0.4, 0.5) is 4.79 Å². The Kier molecular flexibility index (Phi) is 10.7. The van der Waals surface area contributed by atoms with Crippen molar-refractivity contribution in [3.8, 4) is 0 Å². The van der Waals surface area contributed by atoms with Crippen LogP contribution in [0.15, 0.2) is 65.8 Å². The molecule has 0 bridgehead atoms. The second-order valence-electron chi connectivity index (χ2n) is 8.47. The van der Waals surface area contributed by atoms with Crippen LogP contribution in [-0.4, -0.2) is 45.2 Å². The average molecular weight is 569 g/mol. The van der Waals surface area contributed by atoms with Gasteiger partial charge in [-0.15, -0.1) is 0 Å². The van der Waals surface area contributed by atoms with Gasteiger partial charge in [-0.25, -0.2) is 4.79 Å². The maximum absolute atomic E-state index is 13.4. The Morgan fingerprint density at radius 2 is 1.78 bits per heavy atom. The molecule has 3 rings (SSSR count). The SMILES string of the molecule is CC[C@@H]([C@@H]1CCC(N=[N+]=[N-])C(OC(=N)C(Cl)(Cl)Cl)O1)N(Cc1ccccc1)C(=O)OCc1ccccc1. The molecule has 1 amide bonds. The van der Waals surface area contributed by atoms with Gasteiger partial charge in [0, 0.05) is 11.5 Å². The van der Waals surface area contributed by atoms with Gasteiger partial charge in [0.05, 0.1) is 18.2 Å². The van der Waals surface area contributed by atoms with Crippen LogP contribution in [0.5, 0.6) is 0 Å². The first kappa shape index (κ1) is 28.9. The van der Waals surface area contributed by atoms with Crippen LogP contribution < -0.4 is 0 Å². The maximum atomic E-state index is 13.4. The summed E-state index contributed by atoms with van der Waals surface area (Å²) in [6.07, 6.45) is -0.769. The van der Waals surface area contributed by atoms with Gasteiger partial charge in [0.2, 0.25) is 12.2 Å². The van der Waals surface area contributed by atoms with Crippen LogP contribution >= 0.6 is 34.8 Å². The number of rotatable bonds is 9. The van der Waals surface area contributed by atoms with Gasteiger partial charge in [0.1, 0.15) is 6.61 Å². The van der Waals surface area contributed by atoms with E-state index < -0.39 is 40.3 Å². The van der Waals surface area contributed by atoms with Gasteiger partial charge >= 0.3 is 6.09 Å². The van der Waals surface area contributed by atoms with Crippen molar-refractivity contribution < 1.29 is 19.0 Å². The molecule has 0 saturated carbocycles. The third-order valence-corrected chi connectivity index (χ3v) is 6.46. The number of nitrogens with one attached hydrogen (secondary N) is 1. The first-order valence-corrected chi connectivity index (χ1v) is 12.9. The fourth-order valence-corrected chi connectivity index (χ4v) is 4.27. The number of halogens is 3. The Hall–Kier alpha value is -2.68. The quantitative estimate of drug-likeness (QED) is 0.0862. The van der Waals surface area contributed by atoms with E-state index in [2.05, 4.69) is 10.0 Å². The predicted molar refractivity (Wildman–Crippen MR) is 143 cm³/mol. The molecule has 12 heteroatoms. The van der Waals surface area contributed by atoms with Crippen LogP contribution in [0.2, 0.25) is 0 Å². The molecule has 1 aliphatic heterocycles. The standard InChI is InChI=1S/C25H28Cl3N5O4/c1-2-20(21-14-13-19(31-32-30)22(36-21)37-23(29)25(26,27)28)33(15-17-9-5-3-6-10-17)24(34)35-16-18-11-7-4-8-12-18/h3-12,19-22,29H,2,13-16H2,1H3/t19?,20-,21-,22?/m0/s1. The number of nitrogens with zero attached hydrogens (tertiary/aromatic N) is 4. The Balaban J connectivity index is 1.82. The summed E-state index contributed by atoms with van der Waals surface area (Å²) >= 11 is 17.3. The van der Waals surface area contributed by atoms with E-state index in [-0.39, 0.29) is 6.61 Å². The molecule has 37 heavy (non-hydrogen) atoms. The summed E-state index contributed by atoms with van der Waals surface area (Å²) in [5.41, 5.74) is 10.8. The summed E-state index contributed by atoms with van der Waals surface area (Å²) in [6.45, 7) is 2.36. The summed E-state index contributed by atoms with van der Waals surface area (Å²) in [7, 11) is 0. The summed E-state index contributed by atoms with van der Waals surface area (Å²) in [5, 5.41) is 11.7. The molecule has 1 saturated heterocycles. The number of carbonyl (C=O) groups excluding carboxylic acids is 1. The number of carbonyl (C=O) groups is 1. The Morgan fingerprint density at radius 1 is 1.16 bits per heavy atom. The zero-order valence-corrected chi connectivity index (χ0v) is 22.4. The zero-order valence-electron chi connectivity index (χ0n) is 20.2. The monoisotopic (exact) mass is 567 g/mol. The lowest BCUT2D eigenvalue weighted by Gasteiger charge is -2.41. The van der Waals surface area contributed by atoms with Gasteiger partial charge in [0.25, 0.3) is 3.79 Å². The number of hydrogen-bond donors (Lipinski definition) is 1. The van der Waals surface area contributed by atoms with Crippen LogP contribution in [0.1, 0.15) is 37.3 Å². The highest BCUT2D eigenvalue weighted by Crippen LogP contribution is 2.33. The highest BCUT2D eigenvalue weighted by molar-refractivity contribution is 6.76. The van der Waals surface area contributed by atoms with E-state index >= 15 is 0 Å². The molecule has 2 aromatic carbocycles. The van der Waals surface area contributed by atoms with Crippen molar-refractivity contribution in [2.45, 2.75) is 67.6 Å². The van der Waals surface area contributed by atoms with Crippen LogP contribution in [0.25, 0.3) is 10.4 Å². The molecule has 2 unspecified atom stereocenters. The fraction of sp³-hybridized carbons (Fsp3) is 0.440. The van der Waals surface area contributed by atoms with E-state index in [4.69, 9.17) is 60.0 Å². The molecular formula is C25H28Cl3N5O4. The number of benzene rings is 2. The molecule has 2 aromatic rings. The lowest BCUT2D eigenvalue weighted by Crippen LogP contribution is -2.52. The number of alkyl halides is 3. The smallest absolute Gasteiger partial charge is 0.410 e. The topological polar surface area (TPSA) is 121 Å². The van der Waals surface area contributed by atoms with Gasteiger partial charge in [-0.1, -0.05) is 108 Å². The summed E-state index contributed by atoms with van der Waals surface area (Å²) in [4.78, 5) is 17.9. The molecule has 1 fully saturated rings. The normalized spacial score (nSPS) is 20.3. The van der Waals surface area contributed by atoms with E-state index in [1.54, 1.807) is 4.90 Å². The van der Waals surface area contributed by atoms with E-state index in [9.17, 15) is 4.79 Å². The first-order valence-electron chi connectivity index (χ1n) is 11.8. The van der Waals surface area contributed by atoms with Crippen molar-refractivity contribution >= 4 is 46.8 Å². The highest BCUT2D eigenvalue weighted by Gasteiger charge is 2.41. The van der Waals surface area contributed by atoms with Crippen molar-refractivity contribution in [3.05, 3.63) is 82.2 Å². The predicted octanol–water partition coefficient (Wildman–Crippen LogP) is 7.15. The van der Waals surface area contributed by atoms with Gasteiger partial charge < -0.3 is 14.2 Å². The van der Waals surface area contributed by atoms with E-state index in [1.165, 1.54) is 0 Å². The summed E-state index contributed by atoms with van der Waals surface area (Å²) < 4.78 is 15.2. The number of azide groups is 1. The van der Waals surface area contributed by atoms with E-state index in [0.717, 1.165) is 11.1 Å². The van der Waals surface area contributed by atoms with Crippen molar-refractivity contribution in [1.82, 2.24) is 4.90 Å². The van der Waals surface area contributed by atoms with Crippen LogP contribution in [0.3, 0.4) is 0 Å². The van der Waals surface area contributed by atoms with E-state index in [1.807, 2.05) is 67.6 Å². The molecular weight excluding hydrogens is 541 g/mol. The lowest BCUT2D eigenvalue weighted by atomic mass is 9.95. The van der Waals surface area contributed by atoms with Crippen molar-refractivity contribution in [1.29, 1.82) is 5.41 Å². The number of ether oxygens (including phenoxy) is 3. The molecule has 198 valence electrons. The average Bonchev–Trinajstić information content (AvgIpc) is 2.89. The van der Waals surface area contributed by atoms with E-state index in [0.29, 0.717) is 25.8 Å². The second-order valence-corrected chi connectivity index (χ2v) is 10.7. The minimum Gasteiger partial charge on any atom is -0.448 e. The van der Waals surface area contributed by atoms with Crippen LogP contribution in [-0.2, 0) is 27.4 Å². The van der Waals surface area contributed by atoms with Crippen molar-refractivity contribution in [2.24, 2.45) is 5.11 Å². The fourth-order valence-electron chi connectivity index (χ4n) is 4.14. The van der Waals surface area contributed by atoms with Gasteiger partial charge in [-0.05, 0) is 35.9 Å². The lowest BCUT2D eigenvalue weighted by molar-refractivity contribution is -0.182. The molecule has 1 heterocycles.